The third-order valence-electron chi connectivity index (χ3n) is 3.21. The van der Waals surface area contributed by atoms with Crippen LogP contribution in [0.15, 0.2) is 6.20 Å². The van der Waals surface area contributed by atoms with E-state index in [-0.39, 0.29) is 0 Å². The summed E-state index contributed by atoms with van der Waals surface area (Å²) < 4.78 is 0. The molecule has 0 fully saturated rings. The Bertz CT molecular complexity index is 334. The van der Waals surface area contributed by atoms with E-state index in [0.717, 1.165) is 6.42 Å². The number of halogens is 1. The molecule has 1 aromatic rings. The zero-order valence-corrected chi connectivity index (χ0v) is 11.4. The van der Waals surface area contributed by atoms with E-state index in [1.165, 1.54) is 48.1 Å². The van der Waals surface area contributed by atoms with Crippen LogP contribution in [0.2, 0.25) is 0 Å². The van der Waals surface area contributed by atoms with Crippen LogP contribution in [-0.4, -0.2) is 4.98 Å². The molecule has 1 aromatic heterocycles. The highest BCUT2D eigenvalue weighted by Crippen LogP contribution is 2.20. The SMILES string of the molecule is CCCCCCc1c(C)ncc(CCl)c1C. The number of hydrogen-bond donors (Lipinski definition) is 0. The van der Waals surface area contributed by atoms with Gasteiger partial charge in [-0.3, -0.25) is 4.98 Å². The Hall–Kier alpha value is -0.560. The molecule has 90 valence electrons. The van der Waals surface area contributed by atoms with Crippen molar-refractivity contribution in [3.63, 3.8) is 0 Å². The molecule has 0 aliphatic rings. The van der Waals surface area contributed by atoms with E-state index in [1.54, 1.807) is 0 Å². The Balaban J connectivity index is 2.70. The maximum absolute atomic E-state index is 5.90. The molecule has 0 unspecified atom stereocenters. The maximum atomic E-state index is 5.90. The number of pyridine rings is 1. The van der Waals surface area contributed by atoms with Crippen LogP contribution >= 0.6 is 11.6 Å². The first-order valence-corrected chi connectivity index (χ1v) is 6.74. The molecule has 0 radical (unpaired) electrons. The molecule has 1 rings (SSSR count). The highest BCUT2D eigenvalue weighted by molar-refractivity contribution is 6.17. The smallest absolute Gasteiger partial charge is 0.0492 e. The lowest BCUT2D eigenvalue weighted by molar-refractivity contribution is 0.662. The van der Waals surface area contributed by atoms with Crippen molar-refractivity contribution in [3.05, 3.63) is 28.6 Å². The van der Waals surface area contributed by atoms with Crippen molar-refractivity contribution in [3.8, 4) is 0 Å². The van der Waals surface area contributed by atoms with Crippen molar-refractivity contribution in [2.75, 3.05) is 0 Å². The molecule has 0 amide bonds. The minimum Gasteiger partial charge on any atom is -0.261 e. The summed E-state index contributed by atoms with van der Waals surface area (Å²) in [6, 6.07) is 0. The fourth-order valence-corrected chi connectivity index (χ4v) is 2.32. The Morgan fingerprint density at radius 2 is 1.94 bits per heavy atom. The van der Waals surface area contributed by atoms with Crippen LogP contribution < -0.4 is 0 Å². The van der Waals surface area contributed by atoms with E-state index in [9.17, 15) is 0 Å². The highest BCUT2D eigenvalue weighted by atomic mass is 35.5. The summed E-state index contributed by atoms with van der Waals surface area (Å²) in [6.45, 7) is 6.51. The van der Waals surface area contributed by atoms with Gasteiger partial charge in [-0.1, -0.05) is 26.2 Å². The standard InChI is InChI=1S/C14H22ClN/c1-4-5-6-7-8-14-11(2)13(9-15)10-16-12(14)3/h10H,4-9H2,1-3H3. The first-order chi connectivity index (χ1) is 7.70. The first kappa shape index (κ1) is 13.5. The van der Waals surface area contributed by atoms with Crippen molar-refractivity contribution in [2.45, 2.75) is 58.8 Å². The van der Waals surface area contributed by atoms with Crippen LogP contribution in [0, 0.1) is 13.8 Å². The van der Waals surface area contributed by atoms with Gasteiger partial charge in [-0.05, 0) is 43.4 Å². The third kappa shape index (κ3) is 3.48. The van der Waals surface area contributed by atoms with Gasteiger partial charge in [0, 0.05) is 17.8 Å². The molecule has 1 heterocycles. The van der Waals surface area contributed by atoms with Gasteiger partial charge in [0.05, 0.1) is 0 Å². The summed E-state index contributed by atoms with van der Waals surface area (Å²) in [5.41, 5.74) is 5.11. The Morgan fingerprint density at radius 3 is 2.56 bits per heavy atom. The van der Waals surface area contributed by atoms with Crippen LogP contribution in [0.3, 0.4) is 0 Å². The second-order valence-electron chi connectivity index (χ2n) is 4.42. The van der Waals surface area contributed by atoms with Crippen LogP contribution in [0.5, 0.6) is 0 Å². The Kier molecular flexibility index (Phi) is 5.83. The van der Waals surface area contributed by atoms with E-state index in [4.69, 9.17) is 11.6 Å². The van der Waals surface area contributed by atoms with E-state index < -0.39 is 0 Å². The third-order valence-corrected chi connectivity index (χ3v) is 3.50. The fraction of sp³-hybridized carbons (Fsp3) is 0.643. The van der Waals surface area contributed by atoms with Crippen LogP contribution in [0.4, 0.5) is 0 Å². The van der Waals surface area contributed by atoms with Gasteiger partial charge in [-0.15, -0.1) is 11.6 Å². The molecular formula is C14H22ClN. The molecule has 0 bridgehead atoms. The molecule has 0 atom stereocenters. The van der Waals surface area contributed by atoms with Gasteiger partial charge in [0.15, 0.2) is 0 Å². The van der Waals surface area contributed by atoms with Gasteiger partial charge < -0.3 is 0 Å². The molecule has 0 spiro atoms. The van der Waals surface area contributed by atoms with Gasteiger partial charge >= 0.3 is 0 Å². The predicted molar refractivity (Wildman–Crippen MR) is 71.1 cm³/mol. The van der Waals surface area contributed by atoms with Gasteiger partial charge in [0.1, 0.15) is 0 Å². The first-order valence-electron chi connectivity index (χ1n) is 6.20. The zero-order chi connectivity index (χ0) is 12.0. The second kappa shape index (κ2) is 6.90. The monoisotopic (exact) mass is 239 g/mol. The molecule has 1 nitrogen and oxygen atoms in total. The normalized spacial score (nSPS) is 10.8. The number of unbranched alkanes of at least 4 members (excludes halogenated alkanes) is 3. The number of alkyl halides is 1. The number of hydrogen-bond acceptors (Lipinski definition) is 1. The number of rotatable bonds is 6. The van der Waals surface area contributed by atoms with E-state index in [0.29, 0.717) is 5.88 Å². The molecule has 0 saturated heterocycles. The van der Waals surface area contributed by atoms with Gasteiger partial charge in [-0.25, -0.2) is 0 Å². The molecule has 0 aliphatic carbocycles. The molecule has 16 heavy (non-hydrogen) atoms. The van der Waals surface area contributed by atoms with Gasteiger partial charge in [-0.2, -0.15) is 0 Å². The summed E-state index contributed by atoms with van der Waals surface area (Å²) in [5, 5.41) is 0. The maximum Gasteiger partial charge on any atom is 0.0492 e. The molecule has 0 aliphatic heterocycles. The van der Waals surface area contributed by atoms with Crippen molar-refractivity contribution >= 4 is 11.6 Å². The Labute approximate surface area is 104 Å². The quantitative estimate of drug-likeness (QED) is 0.524. The highest BCUT2D eigenvalue weighted by Gasteiger charge is 2.07. The summed E-state index contributed by atoms with van der Waals surface area (Å²) in [7, 11) is 0. The van der Waals surface area contributed by atoms with Crippen molar-refractivity contribution in [2.24, 2.45) is 0 Å². The summed E-state index contributed by atoms with van der Waals surface area (Å²) in [6.07, 6.45) is 8.27. The van der Waals surface area contributed by atoms with Crippen LogP contribution in [-0.2, 0) is 12.3 Å². The van der Waals surface area contributed by atoms with Crippen molar-refractivity contribution < 1.29 is 0 Å². The lowest BCUT2D eigenvalue weighted by atomic mass is 9.98. The fourth-order valence-electron chi connectivity index (χ4n) is 2.05. The summed E-state index contributed by atoms with van der Waals surface area (Å²) in [5.74, 6) is 0.571. The number of aromatic nitrogens is 1. The van der Waals surface area contributed by atoms with Gasteiger partial charge in [0.25, 0.3) is 0 Å². The Morgan fingerprint density at radius 1 is 1.19 bits per heavy atom. The van der Waals surface area contributed by atoms with E-state index in [1.807, 2.05) is 6.20 Å². The minimum absolute atomic E-state index is 0.571. The second-order valence-corrected chi connectivity index (χ2v) is 4.68. The van der Waals surface area contributed by atoms with E-state index in [2.05, 4.69) is 25.8 Å². The molecule has 2 heteroatoms. The lowest BCUT2D eigenvalue weighted by Crippen LogP contribution is -2.00. The number of aryl methyl sites for hydroxylation is 1. The average molecular weight is 240 g/mol. The lowest BCUT2D eigenvalue weighted by Gasteiger charge is -2.12. The van der Waals surface area contributed by atoms with E-state index >= 15 is 0 Å². The number of nitrogens with zero attached hydrogens (tertiary/aromatic N) is 1. The molecular weight excluding hydrogens is 218 g/mol. The zero-order valence-electron chi connectivity index (χ0n) is 10.6. The van der Waals surface area contributed by atoms with Crippen molar-refractivity contribution in [1.82, 2.24) is 4.98 Å². The molecule has 0 saturated carbocycles. The minimum atomic E-state index is 0.571. The van der Waals surface area contributed by atoms with Gasteiger partial charge in [0.2, 0.25) is 0 Å². The van der Waals surface area contributed by atoms with Crippen molar-refractivity contribution in [1.29, 1.82) is 0 Å². The van der Waals surface area contributed by atoms with Crippen LogP contribution in [0.25, 0.3) is 0 Å². The molecule has 0 N–H and O–H groups in total. The summed E-state index contributed by atoms with van der Waals surface area (Å²) >= 11 is 5.90. The predicted octanol–water partition coefficient (Wildman–Crippen LogP) is 4.56. The molecule has 0 aromatic carbocycles. The van der Waals surface area contributed by atoms with Crippen LogP contribution in [0.1, 0.15) is 55.0 Å². The largest absolute Gasteiger partial charge is 0.261 e. The summed E-state index contributed by atoms with van der Waals surface area (Å²) in [4.78, 5) is 4.43. The topological polar surface area (TPSA) is 12.9 Å². The average Bonchev–Trinajstić information content (AvgIpc) is 2.28.